The highest BCUT2D eigenvalue weighted by Crippen LogP contribution is 2.38. The molecule has 8 nitrogen and oxygen atoms in total. The SMILES string of the molecule is CCc1nc(N)nc(N[C@@H]2C[C@H](CO)[C@@H](O)[C@H]2O)c1-c1nc2ccccc2s1. The van der Waals surface area contributed by atoms with Gasteiger partial charge in [-0.1, -0.05) is 19.1 Å². The minimum Gasteiger partial charge on any atom is -0.396 e. The smallest absolute Gasteiger partial charge is 0.222 e. The molecule has 0 amide bonds. The van der Waals surface area contributed by atoms with Crippen molar-refractivity contribution < 1.29 is 15.3 Å². The van der Waals surface area contributed by atoms with E-state index in [0.29, 0.717) is 18.7 Å². The van der Waals surface area contributed by atoms with Crippen LogP contribution in [0.1, 0.15) is 19.0 Å². The molecule has 0 aliphatic heterocycles. The number of nitrogen functional groups attached to an aromatic ring is 1. The summed E-state index contributed by atoms with van der Waals surface area (Å²) in [4.78, 5) is 13.5. The molecule has 0 unspecified atom stereocenters. The van der Waals surface area contributed by atoms with Crippen molar-refractivity contribution in [3.8, 4) is 10.6 Å². The number of nitrogens with two attached hydrogens (primary N) is 1. The van der Waals surface area contributed by atoms with Crippen LogP contribution in [-0.2, 0) is 6.42 Å². The molecule has 1 fully saturated rings. The van der Waals surface area contributed by atoms with Crippen LogP contribution in [0.4, 0.5) is 11.8 Å². The first-order chi connectivity index (χ1) is 13.5. The number of aryl methyl sites for hydroxylation is 1. The summed E-state index contributed by atoms with van der Waals surface area (Å²) in [5.74, 6) is 0.234. The molecule has 0 spiro atoms. The average molecular weight is 401 g/mol. The van der Waals surface area contributed by atoms with E-state index in [2.05, 4.69) is 15.3 Å². The molecule has 3 aromatic rings. The topological polar surface area (TPSA) is 137 Å². The molecule has 0 radical (unpaired) electrons. The average Bonchev–Trinajstić information content (AvgIpc) is 3.23. The summed E-state index contributed by atoms with van der Waals surface area (Å²) in [5, 5.41) is 33.9. The molecule has 148 valence electrons. The highest BCUT2D eigenvalue weighted by molar-refractivity contribution is 7.21. The van der Waals surface area contributed by atoms with Crippen LogP contribution in [0.15, 0.2) is 24.3 Å². The van der Waals surface area contributed by atoms with Gasteiger partial charge in [0.1, 0.15) is 16.9 Å². The van der Waals surface area contributed by atoms with Crippen molar-refractivity contribution in [2.24, 2.45) is 5.92 Å². The summed E-state index contributed by atoms with van der Waals surface area (Å²) in [7, 11) is 0. The Hall–Kier alpha value is -2.33. The normalized spacial score (nSPS) is 24.7. The zero-order valence-electron chi connectivity index (χ0n) is 15.4. The first-order valence-electron chi connectivity index (χ1n) is 9.27. The molecular weight excluding hydrogens is 378 g/mol. The first kappa shape index (κ1) is 19.0. The van der Waals surface area contributed by atoms with E-state index in [1.54, 1.807) is 11.3 Å². The predicted octanol–water partition coefficient (Wildman–Crippen LogP) is 1.41. The van der Waals surface area contributed by atoms with Crippen LogP contribution in [0, 0.1) is 5.92 Å². The van der Waals surface area contributed by atoms with E-state index in [-0.39, 0.29) is 18.5 Å². The molecule has 0 saturated heterocycles. The van der Waals surface area contributed by atoms with Gasteiger partial charge in [-0.05, 0) is 25.0 Å². The summed E-state index contributed by atoms with van der Waals surface area (Å²) >= 11 is 1.54. The number of nitrogens with zero attached hydrogens (tertiary/aromatic N) is 3. The van der Waals surface area contributed by atoms with Gasteiger partial charge in [-0.3, -0.25) is 0 Å². The van der Waals surface area contributed by atoms with Crippen LogP contribution < -0.4 is 11.1 Å². The Bertz CT molecular complexity index is 962. The van der Waals surface area contributed by atoms with Crippen LogP contribution in [0.2, 0.25) is 0 Å². The fourth-order valence-corrected chi connectivity index (χ4v) is 4.75. The third-order valence-electron chi connectivity index (χ3n) is 5.20. The highest BCUT2D eigenvalue weighted by Gasteiger charge is 2.41. The zero-order chi connectivity index (χ0) is 19.8. The number of thiazole rings is 1. The molecule has 1 saturated carbocycles. The molecule has 4 atom stereocenters. The maximum Gasteiger partial charge on any atom is 0.222 e. The van der Waals surface area contributed by atoms with E-state index in [1.165, 1.54) is 0 Å². The molecule has 2 heterocycles. The van der Waals surface area contributed by atoms with Crippen LogP contribution >= 0.6 is 11.3 Å². The van der Waals surface area contributed by atoms with Gasteiger partial charge >= 0.3 is 0 Å². The molecule has 0 bridgehead atoms. The molecule has 4 rings (SSSR count). The summed E-state index contributed by atoms with van der Waals surface area (Å²) in [5.41, 5.74) is 8.33. The lowest BCUT2D eigenvalue weighted by molar-refractivity contribution is 0.00446. The number of aliphatic hydroxyl groups excluding tert-OH is 3. The zero-order valence-corrected chi connectivity index (χ0v) is 16.2. The number of rotatable bonds is 5. The monoisotopic (exact) mass is 401 g/mol. The molecule has 1 aliphatic carbocycles. The minimum atomic E-state index is -1.01. The Morgan fingerprint density at radius 2 is 1.96 bits per heavy atom. The molecule has 1 aromatic carbocycles. The van der Waals surface area contributed by atoms with E-state index in [4.69, 9.17) is 10.7 Å². The highest BCUT2D eigenvalue weighted by atomic mass is 32.1. The van der Waals surface area contributed by atoms with E-state index in [1.807, 2.05) is 31.2 Å². The second kappa shape index (κ2) is 7.59. The number of aliphatic hydroxyl groups is 3. The maximum absolute atomic E-state index is 10.4. The molecule has 2 aromatic heterocycles. The number of benzene rings is 1. The molecule has 28 heavy (non-hydrogen) atoms. The van der Waals surface area contributed by atoms with Crippen molar-refractivity contribution in [3.05, 3.63) is 30.0 Å². The van der Waals surface area contributed by atoms with Gasteiger partial charge in [-0.15, -0.1) is 11.3 Å². The van der Waals surface area contributed by atoms with E-state index >= 15 is 0 Å². The second-order valence-electron chi connectivity index (χ2n) is 7.00. The molecule has 9 heteroatoms. The van der Waals surface area contributed by atoms with Crippen molar-refractivity contribution in [1.29, 1.82) is 0 Å². The number of anilines is 2. The van der Waals surface area contributed by atoms with Crippen molar-refractivity contribution >= 4 is 33.3 Å². The van der Waals surface area contributed by atoms with Crippen LogP contribution in [0.25, 0.3) is 20.8 Å². The summed E-state index contributed by atoms with van der Waals surface area (Å²) < 4.78 is 1.05. The predicted molar refractivity (Wildman–Crippen MR) is 109 cm³/mol. The summed E-state index contributed by atoms with van der Waals surface area (Å²) in [6.07, 6.45) is -0.939. The number of hydrogen-bond acceptors (Lipinski definition) is 9. The van der Waals surface area contributed by atoms with Gasteiger partial charge in [-0.2, -0.15) is 4.98 Å². The lowest BCUT2D eigenvalue weighted by atomic mass is 10.1. The van der Waals surface area contributed by atoms with Crippen molar-refractivity contribution in [2.75, 3.05) is 17.7 Å². The summed E-state index contributed by atoms with van der Waals surface area (Å²) in [6.45, 7) is 1.80. The van der Waals surface area contributed by atoms with E-state index < -0.39 is 18.2 Å². The molecule has 6 N–H and O–H groups in total. The third-order valence-corrected chi connectivity index (χ3v) is 6.26. The van der Waals surface area contributed by atoms with Crippen molar-refractivity contribution in [3.63, 3.8) is 0 Å². The Morgan fingerprint density at radius 3 is 2.64 bits per heavy atom. The molecule has 1 aliphatic rings. The van der Waals surface area contributed by atoms with Crippen molar-refractivity contribution in [2.45, 2.75) is 38.0 Å². The van der Waals surface area contributed by atoms with Gasteiger partial charge in [-0.25, -0.2) is 9.97 Å². The van der Waals surface area contributed by atoms with Crippen LogP contribution in [-0.4, -0.2) is 55.1 Å². The van der Waals surface area contributed by atoms with E-state index in [0.717, 1.165) is 26.5 Å². The lowest BCUT2D eigenvalue weighted by Crippen LogP contribution is -2.35. The summed E-state index contributed by atoms with van der Waals surface area (Å²) in [6, 6.07) is 7.41. The van der Waals surface area contributed by atoms with Gasteiger partial charge in [0.05, 0.1) is 33.6 Å². The standard InChI is InChI=1S/C19H23N5O3S/c1-2-10-14(18-22-11-5-3-4-6-13(11)28-18)17(24-19(20)23-10)21-12-7-9(8-25)15(26)16(12)27/h3-6,9,12,15-16,25-27H,2,7-8H2,1H3,(H3,20,21,23,24)/t9-,12-,15-,16+/m1/s1. The van der Waals surface area contributed by atoms with Gasteiger partial charge in [0.2, 0.25) is 5.95 Å². The number of hydrogen-bond donors (Lipinski definition) is 5. The first-order valence-corrected chi connectivity index (χ1v) is 10.1. The third kappa shape index (κ3) is 3.30. The number of nitrogens with one attached hydrogen (secondary N) is 1. The van der Waals surface area contributed by atoms with Crippen LogP contribution in [0.3, 0.4) is 0 Å². The largest absolute Gasteiger partial charge is 0.396 e. The quantitative estimate of drug-likeness (QED) is 0.433. The van der Waals surface area contributed by atoms with Crippen molar-refractivity contribution in [1.82, 2.24) is 15.0 Å². The Balaban J connectivity index is 1.78. The number of para-hydroxylation sites is 1. The Morgan fingerprint density at radius 1 is 1.18 bits per heavy atom. The lowest BCUT2D eigenvalue weighted by Gasteiger charge is -2.21. The van der Waals surface area contributed by atoms with Gasteiger partial charge in [0.15, 0.2) is 0 Å². The Kier molecular flexibility index (Phi) is 5.15. The van der Waals surface area contributed by atoms with Crippen LogP contribution in [0.5, 0.6) is 0 Å². The number of fused-ring (bicyclic) bond motifs is 1. The fourth-order valence-electron chi connectivity index (χ4n) is 3.71. The van der Waals surface area contributed by atoms with Gasteiger partial charge in [0, 0.05) is 12.5 Å². The minimum absolute atomic E-state index is 0.135. The number of aromatic nitrogens is 3. The molecular formula is C19H23N5O3S. The fraction of sp³-hybridized carbons (Fsp3) is 0.421. The van der Waals surface area contributed by atoms with Gasteiger partial charge in [0.25, 0.3) is 0 Å². The maximum atomic E-state index is 10.4. The Labute approximate surface area is 166 Å². The van der Waals surface area contributed by atoms with Gasteiger partial charge < -0.3 is 26.4 Å². The van der Waals surface area contributed by atoms with E-state index in [9.17, 15) is 15.3 Å². The second-order valence-corrected chi connectivity index (χ2v) is 8.03.